The summed E-state index contributed by atoms with van der Waals surface area (Å²) in [5.41, 5.74) is -0.363. The molecule has 1 saturated carbocycles. The molecule has 3 heterocycles. The minimum Gasteiger partial charge on any atom is -0.379 e. The van der Waals surface area contributed by atoms with Crippen molar-refractivity contribution < 1.29 is 38.3 Å². The first-order valence-electron chi connectivity index (χ1n) is 24.6. The average molecular weight is 986 g/mol. The number of terminal acetylenes is 1. The number of rotatable bonds is 16. The highest BCUT2D eigenvalue weighted by Crippen LogP contribution is 2.47. The van der Waals surface area contributed by atoms with E-state index in [1.807, 2.05) is 20.8 Å². The number of carbonyl (C=O) groups excluding carboxylic acids is 7. The van der Waals surface area contributed by atoms with Gasteiger partial charge in [-0.05, 0) is 113 Å². The number of morpholine rings is 1. The highest BCUT2D eigenvalue weighted by atomic mass is 35.5. The monoisotopic (exact) mass is 985 g/mol. The van der Waals surface area contributed by atoms with E-state index in [-0.39, 0.29) is 43.4 Å². The fraction of sp³-hybridized carbons (Fsp3) is 0.700. The summed E-state index contributed by atoms with van der Waals surface area (Å²) < 4.78 is 5.51. The summed E-state index contributed by atoms with van der Waals surface area (Å²) in [6.45, 7) is 10.2. The quantitative estimate of drug-likeness (QED) is 0.163. The Kier molecular flexibility index (Phi) is 20.4. The van der Waals surface area contributed by atoms with Crippen molar-refractivity contribution in [3.63, 3.8) is 0 Å². The number of halogens is 2. The number of ether oxygens (including phenoxy) is 1. The Bertz CT molecular complexity index is 2000. The lowest BCUT2D eigenvalue weighted by molar-refractivity contribution is -0.146. The number of likely N-dealkylation sites (tertiary alicyclic amines) is 1. The van der Waals surface area contributed by atoms with Crippen LogP contribution in [0.2, 0.25) is 10.0 Å². The Balaban J connectivity index is 1.45. The van der Waals surface area contributed by atoms with Crippen LogP contribution >= 0.6 is 23.2 Å². The molecule has 4 fully saturated rings. The van der Waals surface area contributed by atoms with Crippen molar-refractivity contribution in [2.24, 2.45) is 11.3 Å². The molecule has 18 heteroatoms. The predicted molar refractivity (Wildman–Crippen MR) is 261 cm³/mol. The molecule has 5 rings (SSSR count). The van der Waals surface area contributed by atoms with E-state index in [1.54, 1.807) is 42.1 Å². The maximum Gasteiger partial charge on any atom is 0.245 e. The lowest BCUT2D eigenvalue weighted by atomic mass is 9.98. The molecule has 7 amide bonds. The van der Waals surface area contributed by atoms with Crippen molar-refractivity contribution in [1.82, 2.24) is 40.4 Å². The Morgan fingerprint density at radius 2 is 1.65 bits per heavy atom. The summed E-state index contributed by atoms with van der Waals surface area (Å²) in [6, 6.07) is -1.15. The van der Waals surface area contributed by atoms with Gasteiger partial charge < -0.3 is 40.3 Å². The molecule has 16 nitrogen and oxygen atoms in total. The number of hydrogen-bond acceptors (Lipinski definition) is 9. The molecule has 3 N–H and O–H groups in total. The van der Waals surface area contributed by atoms with Gasteiger partial charge in [0.15, 0.2) is 0 Å². The summed E-state index contributed by atoms with van der Waals surface area (Å²) in [7, 11) is 4.70. The van der Waals surface area contributed by atoms with Crippen LogP contribution in [0.4, 0.5) is 0 Å². The van der Waals surface area contributed by atoms with Crippen LogP contribution in [0.15, 0.2) is 18.2 Å². The molecule has 376 valence electrons. The van der Waals surface area contributed by atoms with Crippen LogP contribution in [-0.4, -0.2) is 169 Å². The van der Waals surface area contributed by atoms with Crippen LogP contribution in [0.3, 0.4) is 0 Å². The van der Waals surface area contributed by atoms with Gasteiger partial charge in [0, 0.05) is 63.8 Å². The molecular weight excluding hydrogens is 912 g/mol. The van der Waals surface area contributed by atoms with Gasteiger partial charge in [-0.25, -0.2) is 0 Å². The van der Waals surface area contributed by atoms with Crippen molar-refractivity contribution >= 4 is 64.6 Å². The molecule has 3 aliphatic heterocycles. The topological polar surface area (TPSA) is 181 Å². The smallest absolute Gasteiger partial charge is 0.245 e. The number of hydrogen-bond donors (Lipinski definition) is 3. The standard InChI is InChI=1S/C50H74Cl2N8O8/c1-8-15-37-46(64)56(5)23-12-11-17-40(43(61)55-39(30-33(3)4)48(66)58(7)42(45(63)53-37)32-34-31-35(51)19-20-36(34)52)57(6)47(65)38(16-10-13-24-59-26-28-68-29-27-59)54-44(62)41-18-14-25-60(41)49(67)50(9-2)21-22-50/h2,19-20,31,33,37-42H,8,10-18,21-30,32H2,1,3-7H3,(H,53,63)(H,54,62)(H,55,61)/t37-,38+,39+,40+,41+,42+/m1/s1. The number of benzene rings is 1. The normalized spacial score (nSPS) is 24.8. The van der Waals surface area contributed by atoms with Gasteiger partial charge in [-0.2, -0.15) is 0 Å². The van der Waals surface area contributed by atoms with Crippen LogP contribution in [-0.2, 0) is 44.7 Å². The second kappa shape index (κ2) is 25.4. The van der Waals surface area contributed by atoms with E-state index in [0.29, 0.717) is 99.7 Å². The minimum atomic E-state index is -1.16. The maximum atomic E-state index is 14.9. The second-order valence-electron chi connectivity index (χ2n) is 19.6. The zero-order valence-electron chi connectivity index (χ0n) is 41.0. The Hall–Kier alpha value is -4.43. The Morgan fingerprint density at radius 3 is 2.31 bits per heavy atom. The van der Waals surface area contributed by atoms with Crippen LogP contribution in [0, 0.1) is 23.7 Å². The predicted octanol–water partition coefficient (Wildman–Crippen LogP) is 4.04. The van der Waals surface area contributed by atoms with Crippen molar-refractivity contribution in [2.75, 3.05) is 67.1 Å². The number of unbranched alkanes of at least 4 members (excludes halogenated alkanes) is 1. The maximum absolute atomic E-state index is 14.9. The third kappa shape index (κ3) is 14.3. The third-order valence-electron chi connectivity index (χ3n) is 14.0. The van der Waals surface area contributed by atoms with Gasteiger partial charge in [-0.1, -0.05) is 56.3 Å². The summed E-state index contributed by atoms with van der Waals surface area (Å²) in [5, 5.41) is 9.66. The molecule has 0 spiro atoms. The highest BCUT2D eigenvalue weighted by Gasteiger charge is 2.53. The van der Waals surface area contributed by atoms with Crippen molar-refractivity contribution in [2.45, 2.75) is 147 Å². The van der Waals surface area contributed by atoms with E-state index >= 15 is 0 Å². The van der Waals surface area contributed by atoms with Crippen LogP contribution in [0.1, 0.15) is 110 Å². The molecule has 0 bridgehead atoms. The third-order valence-corrected chi connectivity index (χ3v) is 14.6. The molecular formula is C50H74Cl2N8O8. The van der Waals surface area contributed by atoms with Gasteiger partial charge in [0.2, 0.25) is 41.4 Å². The first-order chi connectivity index (χ1) is 32.4. The molecule has 0 unspecified atom stereocenters. The molecule has 6 atom stereocenters. The summed E-state index contributed by atoms with van der Waals surface area (Å²) >= 11 is 13.0. The average Bonchev–Trinajstić information content (AvgIpc) is 3.97. The highest BCUT2D eigenvalue weighted by molar-refractivity contribution is 6.33. The van der Waals surface area contributed by atoms with E-state index < -0.39 is 71.2 Å². The van der Waals surface area contributed by atoms with Crippen LogP contribution in [0.25, 0.3) is 0 Å². The number of carbonyl (C=O) groups is 7. The van der Waals surface area contributed by atoms with Crippen molar-refractivity contribution in [1.29, 1.82) is 0 Å². The van der Waals surface area contributed by atoms with Gasteiger partial charge >= 0.3 is 0 Å². The molecule has 0 aromatic heterocycles. The van der Waals surface area contributed by atoms with Gasteiger partial charge in [0.25, 0.3) is 0 Å². The molecule has 1 aromatic carbocycles. The van der Waals surface area contributed by atoms with Crippen molar-refractivity contribution in [3.05, 3.63) is 33.8 Å². The van der Waals surface area contributed by atoms with Crippen LogP contribution < -0.4 is 16.0 Å². The molecule has 3 saturated heterocycles. The largest absolute Gasteiger partial charge is 0.379 e. The number of likely N-dealkylation sites (N-methyl/N-ethyl adjacent to an activating group) is 3. The fourth-order valence-electron chi connectivity index (χ4n) is 9.59. The van der Waals surface area contributed by atoms with E-state index in [0.717, 1.165) is 26.1 Å². The molecule has 0 radical (unpaired) electrons. The summed E-state index contributed by atoms with van der Waals surface area (Å²) in [4.78, 5) is 109. The summed E-state index contributed by atoms with van der Waals surface area (Å²) in [6.07, 6.45) is 11.9. The number of nitrogens with zero attached hydrogens (tertiary/aromatic N) is 5. The zero-order valence-corrected chi connectivity index (χ0v) is 42.5. The van der Waals surface area contributed by atoms with Crippen molar-refractivity contribution in [3.8, 4) is 12.3 Å². The first-order valence-corrected chi connectivity index (χ1v) is 25.4. The SMILES string of the molecule is C#CC1(C(=O)N2CCC[C@H]2C(=O)N[C@@H](CCCCN2CCOCC2)C(=O)N(C)[C@H]2CCCCN(C)C(=O)[C@@H](CCC)NC(=O)[C@H](Cc3cc(Cl)ccc3Cl)N(C)C(=O)[C@H](CC(C)C)NC2=O)CC1. The lowest BCUT2D eigenvalue weighted by Gasteiger charge is -2.36. The van der Waals surface area contributed by atoms with E-state index in [2.05, 4.69) is 26.8 Å². The zero-order chi connectivity index (χ0) is 49.7. The second-order valence-corrected chi connectivity index (χ2v) is 20.4. The Morgan fingerprint density at radius 1 is 0.941 bits per heavy atom. The van der Waals surface area contributed by atoms with Crippen LogP contribution in [0.5, 0.6) is 0 Å². The van der Waals surface area contributed by atoms with Gasteiger partial charge in [0.1, 0.15) is 41.7 Å². The summed E-state index contributed by atoms with van der Waals surface area (Å²) in [5.74, 6) is -0.542. The minimum absolute atomic E-state index is 0.0321. The fourth-order valence-corrected chi connectivity index (χ4v) is 9.98. The number of amides is 7. The Labute approximate surface area is 413 Å². The molecule has 68 heavy (non-hydrogen) atoms. The molecule has 1 aromatic rings. The van der Waals surface area contributed by atoms with Gasteiger partial charge in [-0.15, -0.1) is 6.42 Å². The van der Waals surface area contributed by atoms with Gasteiger partial charge in [-0.3, -0.25) is 38.5 Å². The molecule has 1 aliphatic carbocycles. The van der Waals surface area contributed by atoms with E-state index in [4.69, 9.17) is 34.4 Å². The van der Waals surface area contributed by atoms with E-state index in [1.165, 1.54) is 16.8 Å². The number of nitrogens with one attached hydrogen (secondary N) is 3. The lowest BCUT2D eigenvalue weighted by Crippen LogP contribution is -2.60. The van der Waals surface area contributed by atoms with E-state index in [9.17, 15) is 33.6 Å². The van der Waals surface area contributed by atoms with Gasteiger partial charge in [0.05, 0.1) is 13.2 Å². The first kappa shape index (κ1) is 54.5. The molecule has 4 aliphatic rings.